The Morgan fingerprint density at radius 2 is 2.00 bits per heavy atom. The number of hydrogen-bond acceptors (Lipinski definition) is 4. The summed E-state index contributed by atoms with van der Waals surface area (Å²) in [4.78, 5) is 0. The van der Waals surface area contributed by atoms with Crippen molar-refractivity contribution in [2.45, 2.75) is 11.8 Å². The molecule has 0 aromatic heterocycles. The van der Waals surface area contributed by atoms with E-state index in [1.54, 1.807) is 7.11 Å². The Kier molecular flexibility index (Phi) is 5.95. The van der Waals surface area contributed by atoms with Crippen LogP contribution in [0.15, 0.2) is 18.2 Å². The normalized spacial score (nSPS) is 11.3. The van der Waals surface area contributed by atoms with Crippen LogP contribution in [0.1, 0.15) is 12.0 Å². The summed E-state index contributed by atoms with van der Waals surface area (Å²) >= 11 is 3.37. The number of alkyl halides is 1. The van der Waals surface area contributed by atoms with Gasteiger partial charge in [-0.25, -0.2) is 8.42 Å². The monoisotopic (exact) mass is 336 g/mol. The van der Waals surface area contributed by atoms with Gasteiger partial charge in [-0.05, 0) is 24.1 Å². The summed E-state index contributed by atoms with van der Waals surface area (Å²) in [6.45, 7) is 0.358. The van der Waals surface area contributed by atoms with Gasteiger partial charge in [0, 0.05) is 11.6 Å². The largest absolute Gasteiger partial charge is 0.493 e. The second kappa shape index (κ2) is 6.99. The summed E-state index contributed by atoms with van der Waals surface area (Å²) in [5.74, 6) is 1.43. The maximum atomic E-state index is 11.0. The van der Waals surface area contributed by atoms with Crippen molar-refractivity contribution in [1.29, 1.82) is 0 Å². The quantitative estimate of drug-likeness (QED) is 0.566. The number of methoxy groups -OCH3 is 1. The molecule has 0 aliphatic carbocycles. The first-order valence-corrected chi connectivity index (χ1v) is 8.68. The van der Waals surface area contributed by atoms with Gasteiger partial charge in [0.2, 0.25) is 0 Å². The van der Waals surface area contributed by atoms with Crippen molar-refractivity contribution in [3.63, 3.8) is 0 Å². The van der Waals surface area contributed by atoms with Crippen LogP contribution in [0.4, 0.5) is 0 Å². The molecule has 0 saturated carbocycles. The van der Waals surface area contributed by atoms with E-state index in [0.29, 0.717) is 24.5 Å². The molecule has 0 N–H and O–H groups in total. The van der Waals surface area contributed by atoms with Crippen LogP contribution in [0.5, 0.6) is 11.5 Å². The predicted molar refractivity (Wildman–Crippen MR) is 75.4 cm³/mol. The van der Waals surface area contributed by atoms with Gasteiger partial charge in [-0.3, -0.25) is 0 Å². The number of rotatable bonds is 7. The van der Waals surface area contributed by atoms with Gasteiger partial charge in [0.1, 0.15) is 9.84 Å². The highest BCUT2D eigenvalue weighted by atomic mass is 79.9. The van der Waals surface area contributed by atoms with Gasteiger partial charge < -0.3 is 9.47 Å². The van der Waals surface area contributed by atoms with Crippen LogP contribution in [0.3, 0.4) is 0 Å². The van der Waals surface area contributed by atoms with Crippen molar-refractivity contribution in [3.8, 4) is 11.5 Å². The first kappa shape index (κ1) is 15.3. The lowest BCUT2D eigenvalue weighted by molar-refractivity contribution is 0.294. The van der Waals surface area contributed by atoms with Gasteiger partial charge in [0.05, 0.1) is 19.5 Å². The lowest BCUT2D eigenvalue weighted by Gasteiger charge is -2.11. The number of ether oxygens (including phenoxy) is 2. The average Bonchev–Trinajstić information content (AvgIpc) is 2.33. The van der Waals surface area contributed by atoms with Crippen LogP contribution >= 0.6 is 15.9 Å². The minimum atomic E-state index is -2.92. The Labute approximate surface area is 116 Å². The summed E-state index contributed by atoms with van der Waals surface area (Å²) in [5.41, 5.74) is 1.09. The maximum absolute atomic E-state index is 11.0. The zero-order chi connectivity index (χ0) is 13.6. The molecular formula is C12H17BrO4S. The topological polar surface area (TPSA) is 52.6 Å². The molecule has 0 fully saturated rings. The summed E-state index contributed by atoms with van der Waals surface area (Å²) < 4.78 is 32.7. The predicted octanol–water partition coefficient (Wildman–Crippen LogP) is 2.40. The fourth-order valence-electron chi connectivity index (χ4n) is 1.42. The van der Waals surface area contributed by atoms with Gasteiger partial charge in [0.15, 0.2) is 11.5 Å². The third-order valence-corrected chi connectivity index (χ3v) is 3.98. The van der Waals surface area contributed by atoms with Crippen LogP contribution in [0, 0.1) is 0 Å². The SMILES string of the molecule is COc1cc(CBr)ccc1OCCCS(C)(=O)=O. The molecular weight excluding hydrogens is 320 g/mol. The molecule has 0 aliphatic rings. The van der Waals surface area contributed by atoms with Gasteiger partial charge in [0.25, 0.3) is 0 Å². The first-order valence-electron chi connectivity index (χ1n) is 5.49. The highest BCUT2D eigenvalue weighted by Gasteiger charge is 2.06. The molecule has 0 saturated heterocycles. The van der Waals surface area contributed by atoms with E-state index < -0.39 is 9.84 Å². The summed E-state index contributed by atoms with van der Waals surface area (Å²) in [6, 6.07) is 5.65. The van der Waals surface area contributed by atoms with E-state index in [-0.39, 0.29) is 5.75 Å². The van der Waals surface area contributed by atoms with Gasteiger partial charge in [-0.2, -0.15) is 0 Å². The zero-order valence-corrected chi connectivity index (χ0v) is 12.9. The third kappa shape index (κ3) is 5.27. The molecule has 0 spiro atoms. The maximum Gasteiger partial charge on any atom is 0.161 e. The highest BCUT2D eigenvalue weighted by Crippen LogP contribution is 2.28. The van der Waals surface area contributed by atoms with Crippen molar-refractivity contribution in [2.24, 2.45) is 0 Å². The Morgan fingerprint density at radius 3 is 2.56 bits per heavy atom. The molecule has 0 atom stereocenters. The first-order chi connectivity index (χ1) is 8.46. The van der Waals surface area contributed by atoms with Crippen molar-refractivity contribution in [1.82, 2.24) is 0 Å². The van der Waals surface area contributed by atoms with Crippen molar-refractivity contribution in [3.05, 3.63) is 23.8 Å². The number of sulfone groups is 1. The van der Waals surface area contributed by atoms with E-state index in [1.807, 2.05) is 18.2 Å². The molecule has 0 unspecified atom stereocenters. The Bertz CT molecular complexity index is 485. The third-order valence-electron chi connectivity index (χ3n) is 2.30. The van der Waals surface area contributed by atoms with Crippen molar-refractivity contribution >= 4 is 25.8 Å². The number of benzene rings is 1. The molecule has 0 heterocycles. The van der Waals surface area contributed by atoms with E-state index in [4.69, 9.17) is 9.47 Å². The van der Waals surface area contributed by atoms with Gasteiger partial charge in [-0.1, -0.05) is 22.0 Å². The van der Waals surface area contributed by atoms with Crippen LogP contribution in [0.2, 0.25) is 0 Å². The molecule has 0 radical (unpaired) electrons. The number of hydrogen-bond donors (Lipinski definition) is 0. The summed E-state index contributed by atoms with van der Waals surface area (Å²) in [6.07, 6.45) is 1.69. The van der Waals surface area contributed by atoms with E-state index in [9.17, 15) is 8.42 Å². The molecule has 1 aromatic carbocycles. The molecule has 1 rings (SSSR count). The molecule has 1 aromatic rings. The van der Waals surface area contributed by atoms with E-state index in [0.717, 1.165) is 10.9 Å². The second-order valence-corrected chi connectivity index (χ2v) is 6.77. The van der Waals surface area contributed by atoms with E-state index in [1.165, 1.54) is 6.26 Å². The molecule has 18 heavy (non-hydrogen) atoms. The van der Waals surface area contributed by atoms with Crippen LogP contribution < -0.4 is 9.47 Å². The molecule has 0 bridgehead atoms. The average molecular weight is 337 g/mol. The smallest absolute Gasteiger partial charge is 0.161 e. The highest BCUT2D eigenvalue weighted by molar-refractivity contribution is 9.08. The Hall–Kier alpha value is -0.750. The van der Waals surface area contributed by atoms with Crippen LogP contribution in [0.25, 0.3) is 0 Å². The van der Waals surface area contributed by atoms with Crippen LogP contribution in [-0.4, -0.2) is 34.1 Å². The fourth-order valence-corrected chi connectivity index (χ4v) is 2.41. The van der Waals surface area contributed by atoms with E-state index >= 15 is 0 Å². The van der Waals surface area contributed by atoms with Gasteiger partial charge >= 0.3 is 0 Å². The standard InChI is InChI=1S/C12H17BrO4S/c1-16-12-8-10(9-13)4-5-11(12)17-6-3-7-18(2,14)15/h4-5,8H,3,6-7,9H2,1-2H3. The Balaban J connectivity index is 2.56. The molecule has 4 nitrogen and oxygen atoms in total. The molecule has 0 amide bonds. The van der Waals surface area contributed by atoms with Gasteiger partial charge in [-0.15, -0.1) is 0 Å². The lowest BCUT2D eigenvalue weighted by atomic mass is 10.2. The summed E-state index contributed by atoms with van der Waals surface area (Å²) in [7, 11) is -1.34. The molecule has 6 heteroatoms. The van der Waals surface area contributed by atoms with Crippen LogP contribution in [-0.2, 0) is 15.2 Å². The zero-order valence-electron chi connectivity index (χ0n) is 10.5. The fraction of sp³-hybridized carbons (Fsp3) is 0.500. The molecule has 102 valence electrons. The second-order valence-electron chi connectivity index (χ2n) is 3.95. The van der Waals surface area contributed by atoms with Crippen molar-refractivity contribution in [2.75, 3.05) is 25.7 Å². The minimum Gasteiger partial charge on any atom is -0.493 e. The Morgan fingerprint density at radius 1 is 1.28 bits per heavy atom. The lowest BCUT2D eigenvalue weighted by Crippen LogP contribution is -2.08. The van der Waals surface area contributed by atoms with Crippen molar-refractivity contribution < 1.29 is 17.9 Å². The summed E-state index contributed by atoms with van der Waals surface area (Å²) in [5, 5.41) is 0.748. The number of halogens is 1. The van der Waals surface area contributed by atoms with E-state index in [2.05, 4.69) is 15.9 Å². The molecule has 0 aliphatic heterocycles. The minimum absolute atomic E-state index is 0.134.